The van der Waals surface area contributed by atoms with Crippen molar-refractivity contribution in [3.63, 3.8) is 0 Å². The van der Waals surface area contributed by atoms with Crippen LogP contribution >= 0.6 is 0 Å². The van der Waals surface area contributed by atoms with Crippen molar-refractivity contribution < 1.29 is 18.8 Å². The van der Waals surface area contributed by atoms with E-state index in [-0.39, 0.29) is 0 Å². The van der Waals surface area contributed by atoms with Crippen LogP contribution in [0.3, 0.4) is 0 Å². The number of anilines is 1. The lowest BCUT2D eigenvalue weighted by Crippen LogP contribution is -2.45. The number of oxazole rings is 1. The van der Waals surface area contributed by atoms with Gasteiger partial charge in [0.25, 0.3) is 11.8 Å². The molecule has 2 heterocycles. The SMILES string of the molecule is CC(C(=O)Nc1ccccc1-c1nc2c(ccc3ccccc32)o1)N1C(=O)c2ccccc2C1=O. The summed E-state index contributed by atoms with van der Waals surface area (Å²) >= 11 is 0. The van der Waals surface area contributed by atoms with Crippen LogP contribution in [0.15, 0.2) is 89.3 Å². The minimum Gasteiger partial charge on any atom is -0.436 e. The molecular formula is C28H19N3O4. The molecule has 1 aliphatic rings. The number of aromatic nitrogens is 1. The number of imide groups is 1. The molecule has 6 rings (SSSR count). The highest BCUT2D eigenvalue weighted by atomic mass is 16.3. The van der Waals surface area contributed by atoms with Gasteiger partial charge in [0, 0.05) is 5.39 Å². The van der Waals surface area contributed by atoms with Crippen LogP contribution in [0, 0.1) is 0 Å². The van der Waals surface area contributed by atoms with E-state index in [0.717, 1.165) is 21.2 Å². The number of carbonyl (C=O) groups excluding carboxylic acids is 3. The van der Waals surface area contributed by atoms with Gasteiger partial charge in [0.15, 0.2) is 5.58 Å². The van der Waals surface area contributed by atoms with Gasteiger partial charge in [-0.1, -0.05) is 54.6 Å². The molecule has 170 valence electrons. The van der Waals surface area contributed by atoms with E-state index in [1.807, 2.05) is 42.5 Å². The van der Waals surface area contributed by atoms with E-state index in [2.05, 4.69) is 5.32 Å². The first-order valence-corrected chi connectivity index (χ1v) is 11.2. The smallest absolute Gasteiger partial charge is 0.262 e. The highest BCUT2D eigenvalue weighted by Gasteiger charge is 2.40. The van der Waals surface area contributed by atoms with Crippen LogP contribution in [0.4, 0.5) is 5.69 Å². The number of fused-ring (bicyclic) bond motifs is 4. The molecule has 3 amide bonds. The van der Waals surface area contributed by atoms with Crippen molar-refractivity contribution in [1.82, 2.24) is 9.88 Å². The van der Waals surface area contributed by atoms with Gasteiger partial charge in [0.1, 0.15) is 11.6 Å². The van der Waals surface area contributed by atoms with E-state index < -0.39 is 23.8 Å². The third kappa shape index (κ3) is 3.28. The first-order chi connectivity index (χ1) is 17.0. The monoisotopic (exact) mass is 461 g/mol. The second-order valence-electron chi connectivity index (χ2n) is 8.39. The molecule has 1 aromatic heterocycles. The van der Waals surface area contributed by atoms with Crippen molar-refractivity contribution in [3.05, 3.63) is 96.1 Å². The second kappa shape index (κ2) is 7.92. The second-order valence-corrected chi connectivity index (χ2v) is 8.39. The lowest BCUT2D eigenvalue weighted by Gasteiger charge is -2.22. The summed E-state index contributed by atoms with van der Waals surface area (Å²) in [6.07, 6.45) is 0. The lowest BCUT2D eigenvalue weighted by molar-refractivity contribution is -0.119. The van der Waals surface area contributed by atoms with Crippen LogP contribution in [0.2, 0.25) is 0 Å². The average molecular weight is 461 g/mol. The van der Waals surface area contributed by atoms with Crippen molar-refractivity contribution in [2.24, 2.45) is 0 Å². The average Bonchev–Trinajstić information content (AvgIpc) is 3.43. The van der Waals surface area contributed by atoms with Crippen LogP contribution in [-0.4, -0.2) is 33.6 Å². The molecule has 0 saturated heterocycles. The van der Waals surface area contributed by atoms with E-state index in [1.54, 1.807) is 42.5 Å². The van der Waals surface area contributed by atoms with E-state index >= 15 is 0 Å². The molecule has 0 bridgehead atoms. The molecule has 1 N–H and O–H groups in total. The van der Waals surface area contributed by atoms with E-state index in [4.69, 9.17) is 9.40 Å². The Bertz CT molecular complexity index is 1630. The molecule has 1 aliphatic heterocycles. The Morgan fingerprint density at radius 2 is 1.46 bits per heavy atom. The quantitative estimate of drug-likeness (QED) is 0.368. The molecular weight excluding hydrogens is 442 g/mol. The van der Waals surface area contributed by atoms with Gasteiger partial charge in [-0.3, -0.25) is 19.3 Å². The van der Waals surface area contributed by atoms with Gasteiger partial charge in [-0.25, -0.2) is 4.98 Å². The fraction of sp³-hybridized carbons (Fsp3) is 0.0714. The van der Waals surface area contributed by atoms with Crippen LogP contribution < -0.4 is 5.32 Å². The lowest BCUT2D eigenvalue weighted by atomic mass is 10.1. The fourth-order valence-electron chi connectivity index (χ4n) is 4.47. The molecule has 0 fully saturated rings. The van der Waals surface area contributed by atoms with Gasteiger partial charge in [0.2, 0.25) is 11.8 Å². The molecule has 0 spiro atoms. The van der Waals surface area contributed by atoms with Crippen molar-refractivity contribution in [3.8, 4) is 11.5 Å². The van der Waals surface area contributed by atoms with Crippen molar-refractivity contribution in [2.45, 2.75) is 13.0 Å². The summed E-state index contributed by atoms with van der Waals surface area (Å²) in [7, 11) is 0. The normalized spacial score (nSPS) is 13.9. The molecule has 1 atom stereocenters. The summed E-state index contributed by atoms with van der Waals surface area (Å²) in [5, 5.41) is 4.87. The number of nitrogens with zero attached hydrogens (tertiary/aromatic N) is 2. The van der Waals surface area contributed by atoms with Gasteiger partial charge in [0.05, 0.1) is 22.4 Å². The minimum absolute atomic E-state index is 0.302. The number of benzene rings is 4. The predicted molar refractivity (Wildman–Crippen MR) is 132 cm³/mol. The Labute approximate surface area is 200 Å². The third-order valence-corrected chi connectivity index (χ3v) is 6.29. The van der Waals surface area contributed by atoms with E-state index in [0.29, 0.717) is 33.9 Å². The molecule has 0 radical (unpaired) electrons. The van der Waals surface area contributed by atoms with E-state index in [1.165, 1.54) is 6.92 Å². The number of rotatable bonds is 4. The zero-order valence-corrected chi connectivity index (χ0v) is 18.7. The Balaban J connectivity index is 1.32. The number of nitrogens with one attached hydrogen (secondary N) is 1. The number of hydrogen-bond donors (Lipinski definition) is 1. The summed E-state index contributed by atoms with van der Waals surface area (Å²) in [6.45, 7) is 1.53. The van der Waals surface area contributed by atoms with Gasteiger partial charge in [-0.05, 0) is 42.6 Å². The van der Waals surface area contributed by atoms with Crippen LogP contribution in [0.5, 0.6) is 0 Å². The molecule has 0 aliphatic carbocycles. The van der Waals surface area contributed by atoms with Gasteiger partial charge >= 0.3 is 0 Å². The van der Waals surface area contributed by atoms with Crippen molar-refractivity contribution in [2.75, 3.05) is 5.32 Å². The van der Waals surface area contributed by atoms with Crippen molar-refractivity contribution in [1.29, 1.82) is 0 Å². The predicted octanol–water partition coefficient (Wildman–Crippen LogP) is 5.27. The summed E-state index contributed by atoms with van der Waals surface area (Å²) in [4.78, 5) is 44.5. The highest BCUT2D eigenvalue weighted by molar-refractivity contribution is 6.23. The van der Waals surface area contributed by atoms with Gasteiger partial charge < -0.3 is 9.73 Å². The summed E-state index contributed by atoms with van der Waals surface area (Å²) in [6, 6.07) is 24.5. The number of carbonyl (C=O) groups is 3. The number of hydrogen-bond acceptors (Lipinski definition) is 5. The van der Waals surface area contributed by atoms with Gasteiger partial charge in [-0.15, -0.1) is 0 Å². The van der Waals surface area contributed by atoms with Crippen molar-refractivity contribution >= 4 is 45.3 Å². The van der Waals surface area contributed by atoms with Crippen LogP contribution in [0.1, 0.15) is 27.6 Å². The molecule has 7 nitrogen and oxygen atoms in total. The summed E-state index contributed by atoms with van der Waals surface area (Å²) < 4.78 is 6.04. The Hall–Kier alpha value is -4.78. The topological polar surface area (TPSA) is 92.5 Å². The molecule has 7 heteroatoms. The summed E-state index contributed by atoms with van der Waals surface area (Å²) in [5.74, 6) is -1.09. The Morgan fingerprint density at radius 3 is 2.20 bits per heavy atom. The minimum atomic E-state index is -1.01. The Morgan fingerprint density at radius 1 is 0.829 bits per heavy atom. The largest absolute Gasteiger partial charge is 0.436 e. The summed E-state index contributed by atoms with van der Waals surface area (Å²) in [5.41, 5.74) is 3.04. The van der Waals surface area contributed by atoms with Crippen LogP contribution in [0.25, 0.3) is 33.3 Å². The Kier molecular flexibility index (Phi) is 4.70. The van der Waals surface area contributed by atoms with E-state index in [9.17, 15) is 14.4 Å². The first kappa shape index (κ1) is 20.8. The standard InChI is InChI=1S/C28H19N3O4/c1-16(31-27(33)19-10-4-5-11-20(19)28(31)34)25(32)29-22-13-7-6-12-21(22)26-30-24-18-9-3-2-8-17(18)14-15-23(24)35-26/h2-16H,1H3,(H,29,32). The molecule has 0 saturated carbocycles. The number of amides is 3. The molecule has 5 aromatic rings. The maximum Gasteiger partial charge on any atom is 0.262 e. The maximum atomic E-state index is 13.2. The highest BCUT2D eigenvalue weighted by Crippen LogP contribution is 2.33. The fourth-order valence-corrected chi connectivity index (χ4v) is 4.47. The number of para-hydroxylation sites is 1. The van der Waals surface area contributed by atoms with Gasteiger partial charge in [-0.2, -0.15) is 0 Å². The zero-order valence-electron chi connectivity index (χ0n) is 18.7. The molecule has 35 heavy (non-hydrogen) atoms. The first-order valence-electron chi connectivity index (χ1n) is 11.2. The molecule has 4 aromatic carbocycles. The molecule has 1 unspecified atom stereocenters. The van der Waals surface area contributed by atoms with Crippen LogP contribution in [-0.2, 0) is 4.79 Å². The maximum absolute atomic E-state index is 13.2. The zero-order chi connectivity index (χ0) is 24.1. The third-order valence-electron chi connectivity index (χ3n) is 6.29.